The number of esters is 1. The van der Waals surface area contributed by atoms with Gasteiger partial charge in [0.25, 0.3) is 11.6 Å². The third-order valence-corrected chi connectivity index (χ3v) is 4.50. The van der Waals surface area contributed by atoms with E-state index in [4.69, 9.17) is 4.74 Å². The van der Waals surface area contributed by atoms with Gasteiger partial charge in [0.2, 0.25) is 0 Å². The highest BCUT2D eigenvalue weighted by atomic mass is 19.4. The Morgan fingerprint density at radius 3 is 2.29 bits per heavy atom. The van der Waals surface area contributed by atoms with Crippen LogP contribution in [0.25, 0.3) is 0 Å². The molecule has 1 N–H and O–H groups in total. The minimum Gasteiger partial charge on any atom is -0.455 e. The second kappa shape index (κ2) is 9.39. The molecule has 172 valence electrons. The number of rotatable bonds is 6. The number of anilines is 1. The van der Waals surface area contributed by atoms with Crippen LogP contribution in [0.4, 0.5) is 37.7 Å². The molecule has 1 aliphatic rings. The number of halogens is 6. The molecule has 14 heteroatoms. The SMILES string of the molecule is O=C(COC(=O)C1CCN(c2ccc(C(F)(F)F)cc2[N+](=O)[O-])CC1)NCC(F)(F)F. The summed E-state index contributed by atoms with van der Waals surface area (Å²) in [6, 6.07) is 2.15. The Morgan fingerprint density at radius 2 is 1.77 bits per heavy atom. The fourth-order valence-electron chi connectivity index (χ4n) is 2.97. The maximum absolute atomic E-state index is 12.8. The van der Waals surface area contributed by atoms with Gasteiger partial charge < -0.3 is 15.0 Å². The van der Waals surface area contributed by atoms with Crippen LogP contribution in [-0.4, -0.2) is 49.2 Å². The Labute approximate surface area is 171 Å². The summed E-state index contributed by atoms with van der Waals surface area (Å²) in [5, 5.41) is 12.8. The Morgan fingerprint density at radius 1 is 1.16 bits per heavy atom. The molecule has 0 atom stereocenters. The second-order valence-corrected chi connectivity index (χ2v) is 6.72. The molecule has 1 aromatic rings. The Hall–Kier alpha value is -3.06. The van der Waals surface area contributed by atoms with Crippen molar-refractivity contribution in [1.29, 1.82) is 0 Å². The monoisotopic (exact) mass is 457 g/mol. The summed E-state index contributed by atoms with van der Waals surface area (Å²) < 4.78 is 79.2. The molecule has 1 fully saturated rings. The number of nitro benzene ring substituents is 1. The van der Waals surface area contributed by atoms with Crippen molar-refractivity contribution < 1.29 is 45.6 Å². The summed E-state index contributed by atoms with van der Waals surface area (Å²) in [7, 11) is 0. The number of amides is 1. The summed E-state index contributed by atoms with van der Waals surface area (Å²) in [4.78, 5) is 35.0. The average Bonchev–Trinajstić information content (AvgIpc) is 2.68. The maximum Gasteiger partial charge on any atom is 0.416 e. The van der Waals surface area contributed by atoms with E-state index in [9.17, 15) is 46.0 Å². The van der Waals surface area contributed by atoms with Crippen LogP contribution in [0.15, 0.2) is 18.2 Å². The lowest BCUT2D eigenvalue weighted by Crippen LogP contribution is -2.39. The molecule has 0 radical (unpaired) electrons. The van der Waals surface area contributed by atoms with Gasteiger partial charge in [0.05, 0.1) is 16.4 Å². The smallest absolute Gasteiger partial charge is 0.416 e. The lowest BCUT2D eigenvalue weighted by atomic mass is 9.96. The predicted octanol–water partition coefficient (Wildman–Crippen LogP) is 3.05. The molecule has 0 aromatic heterocycles. The average molecular weight is 457 g/mol. The first-order valence-electron chi connectivity index (χ1n) is 8.88. The van der Waals surface area contributed by atoms with Crippen molar-refractivity contribution >= 4 is 23.3 Å². The van der Waals surface area contributed by atoms with Crippen molar-refractivity contribution in [1.82, 2.24) is 5.32 Å². The van der Waals surface area contributed by atoms with Gasteiger partial charge in [0.15, 0.2) is 6.61 Å². The standard InChI is InChI=1S/C17H17F6N3O5/c18-16(19,20)9-24-14(27)8-31-15(28)10-3-5-25(6-4-10)12-2-1-11(17(21,22)23)7-13(12)26(29)30/h1-2,7,10H,3-6,8-9H2,(H,24,27). The molecule has 1 heterocycles. The van der Waals surface area contributed by atoms with Crippen molar-refractivity contribution in [3.63, 3.8) is 0 Å². The van der Waals surface area contributed by atoms with Gasteiger partial charge in [-0.1, -0.05) is 0 Å². The molecule has 8 nitrogen and oxygen atoms in total. The number of benzene rings is 1. The minimum atomic E-state index is -4.74. The molecule has 0 spiro atoms. The molecule has 31 heavy (non-hydrogen) atoms. The third-order valence-electron chi connectivity index (χ3n) is 4.50. The van der Waals surface area contributed by atoms with E-state index >= 15 is 0 Å². The third kappa shape index (κ3) is 7.00. The van der Waals surface area contributed by atoms with Crippen molar-refractivity contribution in [3.05, 3.63) is 33.9 Å². The zero-order chi connectivity index (χ0) is 23.4. The van der Waals surface area contributed by atoms with Crippen molar-refractivity contribution in [3.8, 4) is 0 Å². The van der Waals surface area contributed by atoms with Gasteiger partial charge >= 0.3 is 18.3 Å². The van der Waals surface area contributed by atoms with Crippen LogP contribution in [0.3, 0.4) is 0 Å². The van der Waals surface area contributed by atoms with Gasteiger partial charge in [0, 0.05) is 19.2 Å². The number of alkyl halides is 6. The molecule has 1 saturated heterocycles. The van der Waals surface area contributed by atoms with Crippen LogP contribution >= 0.6 is 0 Å². The lowest BCUT2D eigenvalue weighted by molar-refractivity contribution is -0.384. The first kappa shape index (κ1) is 24.2. The fraction of sp³-hybridized carbons (Fsp3) is 0.529. The Bertz CT molecular complexity index is 835. The minimum absolute atomic E-state index is 0.0312. The molecule has 1 aromatic carbocycles. The number of carbonyl (C=O) groups excluding carboxylic acids is 2. The van der Waals surface area contributed by atoms with E-state index in [1.54, 1.807) is 5.32 Å². The second-order valence-electron chi connectivity index (χ2n) is 6.72. The molecule has 0 unspecified atom stereocenters. The zero-order valence-electron chi connectivity index (χ0n) is 15.8. The summed E-state index contributed by atoms with van der Waals surface area (Å²) in [5.41, 5.74) is -1.92. The number of nitro groups is 1. The molecule has 1 amide bonds. The van der Waals surface area contributed by atoms with E-state index in [0.29, 0.717) is 6.07 Å². The van der Waals surface area contributed by atoms with Gasteiger partial charge in [-0.2, -0.15) is 26.3 Å². The van der Waals surface area contributed by atoms with E-state index in [-0.39, 0.29) is 31.6 Å². The molecule has 0 bridgehead atoms. The summed E-state index contributed by atoms with van der Waals surface area (Å²) >= 11 is 0. The molecular formula is C17H17F6N3O5. The van der Waals surface area contributed by atoms with Gasteiger partial charge in [-0.05, 0) is 25.0 Å². The number of ether oxygens (including phenoxy) is 1. The highest BCUT2D eigenvalue weighted by Gasteiger charge is 2.35. The fourth-order valence-corrected chi connectivity index (χ4v) is 2.97. The highest BCUT2D eigenvalue weighted by Crippen LogP contribution is 2.37. The highest BCUT2D eigenvalue weighted by molar-refractivity contribution is 5.81. The molecule has 0 aliphatic carbocycles. The Kier molecular flexibility index (Phi) is 7.33. The Balaban J connectivity index is 1.93. The van der Waals surface area contributed by atoms with Gasteiger partial charge in [0.1, 0.15) is 12.2 Å². The first-order chi connectivity index (χ1) is 14.3. The van der Waals surface area contributed by atoms with E-state index in [1.165, 1.54) is 4.90 Å². The first-order valence-corrected chi connectivity index (χ1v) is 8.88. The number of hydrogen-bond acceptors (Lipinski definition) is 6. The van der Waals surface area contributed by atoms with Gasteiger partial charge in [-0.25, -0.2) is 0 Å². The summed E-state index contributed by atoms with van der Waals surface area (Å²) in [6.07, 6.45) is -9.10. The largest absolute Gasteiger partial charge is 0.455 e. The summed E-state index contributed by atoms with van der Waals surface area (Å²) in [5.74, 6) is -2.65. The molecule has 2 rings (SSSR count). The van der Waals surface area contributed by atoms with Crippen LogP contribution < -0.4 is 10.2 Å². The van der Waals surface area contributed by atoms with E-state index in [0.717, 1.165) is 12.1 Å². The van der Waals surface area contributed by atoms with E-state index in [2.05, 4.69) is 0 Å². The molecule has 0 saturated carbocycles. The molecule has 1 aliphatic heterocycles. The molecular weight excluding hydrogens is 440 g/mol. The van der Waals surface area contributed by atoms with Crippen molar-refractivity contribution in [2.45, 2.75) is 25.2 Å². The van der Waals surface area contributed by atoms with Crippen molar-refractivity contribution in [2.24, 2.45) is 5.92 Å². The van der Waals surface area contributed by atoms with Crippen LogP contribution in [0.5, 0.6) is 0 Å². The summed E-state index contributed by atoms with van der Waals surface area (Å²) in [6.45, 7) is -2.27. The van der Waals surface area contributed by atoms with Crippen LogP contribution in [0.2, 0.25) is 0 Å². The van der Waals surface area contributed by atoms with Gasteiger partial charge in [-0.15, -0.1) is 0 Å². The van der Waals surface area contributed by atoms with E-state index in [1.807, 2.05) is 0 Å². The van der Waals surface area contributed by atoms with E-state index < -0.39 is 59.5 Å². The topological polar surface area (TPSA) is 102 Å². The van der Waals surface area contributed by atoms with Crippen LogP contribution in [0.1, 0.15) is 18.4 Å². The van der Waals surface area contributed by atoms with Gasteiger partial charge in [-0.3, -0.25) is 19.7 Å². The van der Waals surface area contributed by atoms with Crippen LogP contribution in [0, 0.1) is 16.0 Å². The van der Waals surface area contributed by atoms with Crippen molar-refractivity contribution in [2.75, 3.05) is 31.1 Å². The van der Waals surface area contributed by atoms with Crippen LogP contribution in [-0.2, 0) is 20.5 Å². The predicted molar refractivity (Wildman–Crippen MR) is 93.1 cm³/mol. The number of carbonyl (C=O) groups is 2. The zero-order valence-corrected chi connectivity index (χ0v) is 15.8. The normalized spacial score (nSPS) is 15.5. The number of nitrogens with one attached hydrogen (secondary N) is 1. The maximum atomic E-state index is 12.8. The quantitative estimate of drug-likeness (QED) is 0.305. The lowest BCUT2D eigenvalue weighted by Gasteiger charge is -2.32. The number of piperidine rings is 1. The number of hydrogen-bond donors (Lipinski definition) is 1. The number of nitrogens with zero attached hydrogens (tertiary/aromatic N) is 2.